The van der Waals surface area contributed by atoms with Gasteiger partial charge in [-0.15, -0.1) is 136 Å². The van der Waals surface area contributed by atoms with Crippen LogP contribution in [0.15, 0.2) is 48.5 Å². The molecular weight excluding hydrogens is 935 g/mol. The van der Waals surface area contributed by atoms with E-state index in [0.717, 1.165) is 44.8 Å². The van der Waals surface area contributed by atoms with Gasteiger partial charge in [0.25, 0.3) is 0 Å². The van der Waals surface area contributed by atoms with Crippen molar-refractivity contribution in [1.82, 2.24) is 19.9 Å². The average molecular weight is 958 g/mol. The summed E-state index contributed by atoms with van der Waals surface area (Å²) in [6.07, 6.45) is 8.09. The van der Waals surface area contributed by atoms with Gasteiger partial charge >= 0.3 is 0 Å². The van der Waals surface area contributed by atoms with Crippen molar-refractivity contribution in [3.63, 3.8) is 0 Å². The monoisotopic (exact) mass is 950 g/mol. The minimum atomic E-state index is 0. The summed E-state index contributed by atoms with van der Waals surface area (Å²) in [5.41, 5.74) is 7.86. The van der Waals surface area contributed by atoms with Gasteiger partial charge in [0.15, 0.2) is 0 Å². The summed E-state index contributed by atoms with van der Waals surface area (Å²) in [5, 5.41) is 0. The highest BCUT2D eigenvalue weighted by atomic mass is 79.9. The molecule has 12 heteroatoms. The van der Waals surface area contributed by atoms with Gasteiger partial charge in [-0.3, -0.25) is 0 Å². The Morgan fingerprint density at radius 1 is 0.375 bits per heavy atom. The summed E-state index contributed by atoms with van der Waals surface area (Å²) < 4.78 is 0. The van der Waals surface area contributed by atoms with E-state index in [9.17, 15) is 0 Å². The SMILES string of the molecule is Br.Br.Br.Br.Br.Br.Br.Br.C1=Cc2cc3ccc(cc4nc(cc5ccc(cc1n2)[nH]5)C=C4)[nH]3. The number of H-pyrrole nitrogens is 2. The van der Waals surface area contributed by atoms with Crippen molar-refractivity contribution in [2.24, 2.45) is 0 Å². The Kier molecular flexibility index (Phi) is 22.1. The molecule has 2 N–H and O–H groups in total. The largest absolute Gasteiger partial charge is 0.355 e. The van der Waals surface area contributed by atoms with E-state index >= 15 is 0 Å². The summed E-state index contributed by atoms with van der Waals surface area (Å²) in [7, 11) is 0. The van der Waals surface area contributed by atoms with Gasteiger partial charge in [-0.25, -0.2) is 9.97 Å². The zero-order valence-corrected chi connectivity index (χ0v) is 29.8. The van der Waals surface area contributed by atoms with Crippen molar-refractivity contribution in [2.75, 3.05) is 0 Å². The van der Waals surface area contributed by atoms with Gasteiger partial charge in [0.1, 0.15) is 0 Å². The van der Waals surface area contributed by atoms with Crippen molar-refractivity contribution in [1.29, 1.82) is 0 Å². The molecule has 0 aliphatic carbocycles. The number of nitrogens with zero attached hydrogens (tertiary/aromatic N) is 2. The van der Waals surface area contributed by atoms with Crippen LogP contribution in [0.5, 0.6) is 0 Å². The summed E-state index contributed by atoms with van der Waals surface area (Å²) in [6.45, 7) is 0. The molecule has 178 valence electrons. The van der Waals surface area contributed by atoms with Gasteiger partial charge in [-0.05, 0) is 72.8 Å². The molecule has 8 bridgehead atoms. The van der Waals surface area contributed by atoms with E-state index in [1.165, 1.54) is 0 Å². The van der Waals surface area contributed by atoms with E-state index in [2.05, 4.69) is 44.2 Å². The van der Waals surface area contributed by atoms with Crippen molar-refractivity contribution >= 4 is 182 Å². The van der Waals surface area contributed by atoms with Gasteiger partial charge in [-0.1, -0.05) is 0 Å². The highest BCUT2D eigenvalue weighted by Gasteiger charge is 2.00. The molecule has 5 heterocycles. The molecule has 0 fully saturated rings. The van der Waals surface area contributed by atoms with E-state index in [1.807, 2.05) is 48.6 Å². The minimum absolute atomic E-state index is 0. The third-order valence-electron chi connectivity index (χ3n) is 4.04. The van der Waals surface area contributed by atoms with E-state index in [4.69, 9.17) is 0 Å². The maximum Gasteiger partial charge on any atom is 0.0658 e. The Morgan fingerprint density at radius 3 is 0.812 bits per heavy atom. The molecule has 0 saturated heterocycles. The van der Waals surface area contributed by atoms with Gasteiger partial charge in [0, 0.05) is 22.1 Å². The van der Waals surface area contributed by atoms with Crippen molar-refractivity contribution < 1.29 is 0 Å². The van der Waals surface area contributed by atoms with Gasteiger partial charge in [0.2, 0.25) is 0 Å². The van der Waals surface area contributed by atoms with Crippen LogP contribution in [0.2, 0.25) is 0 Å². The second-order valence-electron chi connectivity index (χ2n) is 5.91. The van der Waals surface area contributed by atoms with Crippen LogP contribution < -0.4 is 0 Å². The topological polar surface area (TPSA) is 57.4 Å². The van der Waals surface area contributed by atoms with Crippen LogP contribution in [0.25, 0.3) is 46.4 Å². The fraction of sp³-hybridized carbons (Fsp3) is 0. The van der Waals surface area contributed by atoms with E-state index in [0.29, 0.717) is 0 Å². The average Bonchev–Trinajstić information content (AvgIpc) is 3.32. The molecule has 0 aromatic carbocycles. The highest BCUT2D eigenvalue weighted by molar-refractivity contribution is 8.93. The summed E-state index contributed by atoms with van der Waals surface area (Å²) >= 11 is 0. The maximum atomic E-state index is 4.63. The number of aromatic amines is 2. The van der Waals surface area contributed by atoms with Gasteiger partial charge in [0.05, 0.1) is 22.8 Å². The molecule has 0 saturated carbocycles. The van der Waals surface area contributed by atoms with E-state index < -0.39 is 0 Å². The van der Waals surface area contributed by atoms with Crippen LogP contribution in [-0.4, -0.2) is 19.9 Å². The molecule has 3 aromatic rings. The molecule has 0 unspecified atom stereocenters. The molecule has 5 rings (SSSR count). The fourth-order valence-electron chi connectivity index (χ4n) is 2.94. The molecule has 0 spiro atoms. The van der Waals surface area contributed by atoms with Crippen molar-refractivity contribution in [2.45, 2.75) is 0 Å². The van der Waals surface area contributed by atoms with E-state index in [1.54, 1.807) is 0 Å². The number of rotatable bonds is 0. The molecule has 0 amide bonds. The Balaban J connectivity index is -0.000000490. The summed E-state index contributed by atoms with van der Waals surface area (Å²) in [4.78, 5) is 16.0. The molecule has 0 atom stereocenters. The van der Waals surface area contributed by atoms with Crippen LogP contribution >= 0.6 is 136 Å². The number of hydrogen-bond acceptors (Lipinski definition) is 2. The Labute approximate surface area is 270 Å². The van der Waals surface area contributed by atoms with Crippen LogP contribution in [0, 0.1) is 0 Å². The lowest BCUT2D eigenvalue weighted by molar-refractivity contribution is 1.31. The standard InChI is InChI=1S/C20H14N4.8BrH/c1-2-14-10-16-5-6-18(23-16)12-20-8-7-19(24-20)11-17-4-3-15(22-17)9-13(1)21-14;;;;;;;;/h1-12,21,24H;8*1H. The number of nitrogens with one attached hydrogen (secondary N) is 2. The second-order valence-corrected chi connectivity index (χ2v) is 5.91. The fourth-order valence-corrected chi connectivity index (χ4v) is 2.94. The lowest BCUT2D eigenvalue weighted by Gasteiger charge is -1.85. The second kappa shape index (κ2) is 17.8. The molecule has 2 aliphatic heterocycles. The van der Waals surface area contributed by atoms with Crippen molar-refractivity contribution in [3.05, 3.63) is 71.3 Å². The number of hydrogen-bond donors (Lipinski definition) is 2. The Bertz CT molecular complexity index is 1010. The van der Waals surface area contributed by atoms with Crippen LogP contribution in [0.3, 0.4) is 0 Å². The van der Waals surface area contributed by atoms with Crippen LogP contribution in [0.4, 0.5) is 0 Å². The van der Waals surface area contributed by atoms with Crippen LogP contribution in [-0.2, 0) is 0 Å². The summed E-state index contributed by atoms with van der Waals surface area (Å²) in [6, 6.07) is 16.4. The zero-order valence-electron chi connectivity index (χ0n) is 16.1. The molecule has 0 radical (unpaired) electrons. The first kappa shape index (κ1) is 39.6. The first-order valence-electron chi connectivity index (χ1n) is 7.85. The quantitative estimate of drug-likeness (QED) is 0.163. The smallest absolute Gasteiger partial charge is 0.0658 e. The Morgan fingerprint density at radius 2 is 0.594 bits per heavy atom. The highest BCUT2D eigenvalue weighted by Crippen LogP contribution is 2.16. The third-order valence-corrected chi connectivity index (χ3v) is 4.04. The molecule has 2 aliphatic rings. The number of fused-ring (bicyclic) bond motifs is 8. The minimum Gasteiger partial charge on any atom is -0.355 e. The zero-order chi connectivity index (χ0) is 15.9. The molecule has 32 heavy (non-hydrogen) atoms. The van der Waals surface area contributed by atoms with Crippen molar-refractivity contribution in [3.8, 4) is 0 Å². The molecule has 4 nitrogen and oxygen atoms in total. The molecular formula is C20H22Br8N4. The first-order chi connectivity index (χ1) is 11.8. The first-order valence-corrected chi connectivity index (χ1v) is 7.85. The third kappa shape index (κ3) is 9.59. The molecule has 3 aromatic heterocycles. The predicted octanol–water partition coefficient (Wildman–Crippen LogP) is 9.28. The van der Waals surface area contributed by atoms with E-state index in [-0.39, 0.29) is 136 Å². The lowest BCUT2D eigenvalue weighted by Crippen LogP contribution is -1.75. The number of aromatic nitrogens is 4. The lowest BCUT2D eigenvalue weighted by atomic mass is 10.3. The normalized spacial score (nSPS) is 9.50. The van der Waals surface area contributed by atoms with Gasteiger partial charge < -0.3 is 9.97 Å². The predicted molar refractivity (Wildman–Crippen MR) is 181 cm³/mol. The Hall–Kier alpha value is 0.440. The van der Waals surface area contributed by atoms with Gasteiger partial charge in [-0.2, -0.15) is 0 Å². The summed E-state index contributed by atoms with van der Waals surface area (Å²) in [5.74, 6) is 0. The van der Waals surface area contributed by atoms with Crippen LogP contribution in [0.1, 0.15) is 22.8 Å². The number of halogens is 8. The maximum absolute atomic E-state index is 4.63.